The number of carbonyl (C=O) groups excluding carboxylic acids is 2. The SMILES string of the molecule is CSc1ccc(NC(=O)c2sc(NC(C)=O)nc2CCc2ccc(NC(NC(=O)O)NC(=O)O)cc2)cc1. The van der Waals surface area contributed by atoms with Crippen LogP contribution < -0.4 is 26.6 Å². The third kappa shape index (κ3) is 8.67. The van der Waals surface area contributed by atoms with E-state index in [-0.39, 0.29) is 11.8 Å². The number of benzene rings is 2. The van der Waals surface area contributed by atoms with Gasteiger partial charge in [-0.3, -0.25) is 20.2 Å². The number of aromatic nitrogens is 1. The van der Waals surface area contributed by atoms with Crippen LogP contribution in [0, 0.1) is 0 Å². The molecular formula is C24H26N6O6S2. The summed E-state index contributed by atoms with van der Waals surface area (Å²) < 4.78 is 0. The molecule has 0 bridgehead atoms. The molecule has 12 nitrogen and oxygen atoms in total. The van der Waals surface area contributed by atoms with Crippen LogP contribution in [0.5, 0.6) is 0 Å². The maximum Gasteiger partial charge on any atom is 0.407 e. The standard InChI is InChI=1S/C24H26N6O6S2/c1-13(31)25-22-28-18(19(38-22)20(32)26-15-8-10-17(37-2)11-9-15)12-5-14-3-6-16(7-4-14)27-21(29-23(33)34)30-24(35)36/h3-4,6-11,21,27,29-30H,5,12H2,1-2H3,(H,26,32)(H,33,34)(H,35,36)(H,25,28,31). The van der Waals surface area contributed by atoms with Crippen molar-refractivity contribution in [1.82, 2.24) is 15.6 Å². The fraction of sp³-hybridized carbons (Fsp3) is 0.208. The van der Waals surface area contributed by atoms with Crippen molar-refractivity contribution in [2.45, 2.75) is 31.0 Å². The van der Waals surface area contributed by atoms with E-state index in [4.69, 9.17) is 10.2 Å². The predicted molar refractivity (Wildman–Crippen MR) is 146 cm³/mol. The van der Waals surface area contributed by atoms with E-state index in [2.05, 4.69) is 20.9 Å². The molecule has 4 amide bonds. The van der Waals surface area contributed by atoms with E-state index in [1.54, 1.807) is 36.0 Å². The number of amides is 4. The van der Waals surface area contributed by atoms with Crippen molar-refractivity contribution in [2.75, 3.05) is 22.2 Å². The first-order valence-corrected chi connectivity index (χ1v) is 13.2. The Labute approximate surface area is 226 Å². The van der Waals surface area contributed by atoms with Gasteiger partial charge in [-0.25, -0.2) is 14.6 Å². The molecule has 200 valence electrons. The van der Waals surface area contributed by atoms with E-state index < -0.39 is 18.5 Å². The fourth-order valence-electron chi connectivity index (χ4n) is 3.32. The van der Waals surface area contributed by atoms with Crippen LogP contribution in [0.1, 0.15) is 27.9 Å². The summed E-state index contributed by atoms with van der Waals surface area (Å²) in [5.74, 6) is -0.616. The van der Waals surface area contributed by atoms with Gasteiger partial charge in [-0.2, -0.15) is 0 Å². The smallest absolute Gasteiger partial charge is 0.407 e. The molecule has 0 radical (unpaired) electrons. The maximum absolute atomic E-state index is 13.0. The zero-order valence-corrected chi connectivity index (χ0v) is 22.0. The van der Waals surface area contributed by atoms with Gasteiger partial charge in [0, 0.05) is 23.2 Å². The summed E-state index contributed by atoms with van der Waals surface area (Å²) in [6.07, 6.45) is -1.12. The van der Waals surface area contributed by atoms with E-state index in [1.165, 1.54) is 6.92 Å². The van der Waals surface area contributed by atoms with Gasteiger partial charge in [-0.05, 0) is 61.1 Å². The van der Waals surface area contributed by atoms with Crippen LogP contribution in [0.4, 0.5) is 26.1 Å². The van der Waals surface area contributed by atoms with Crippen LogP contribution in [0.3, 0.4) is 0 Å². The van der Waals surface area contributed by atoms with Crippen molar-refractivity contribution in [3.05, 3.63) is 64.7 Å². The van der Waals surface area contributed by atoms with Gasteiger partial charge in [0.15, 0.2) is 11.4 Å². The quantitative estimate of drug-likeness (QED) is 0.135. The molecule has 2 aromatic carbocycles. The number of carboxylic acid groups (broad SMARTS) is 2. The maximum atomic E-state index is 13.0. The number of hydrogen-bond acceptors (Lipinski definition) is 8. The molecule has 0 aliphatic heterocycles. The minimum absolute atomic E-state index is 0.291. The highest BCUT2D eigenvalue weighted by atomic mass is 32.2. The van der Waals surface area contributed by atoms with Gasteiger partial charge in [-0.1, -0.05) is 23.5 Å². The van der Waals surface area contributed by atoms with Gasteiger partial charge in [-0.15, -0.1) is 11.8 Å². The first-order chi connectivity index (χ1) is 18.1. The van der Waals surface area contributed by atoms with Crippen LogP contribution in [-0.2, 0) is 17.6 Å². The lowest BCUT2D eigenvalue weighted by Gasteiger charge is -2.19. The third-order valence-electron chi connectivity index (χ3n) is 4.99. The lowest BCUT2D eigenvalue weighted by molar-refractivity contribution is -0.114. The zero-order valence-electron chi connectivity index (χ0n) is 20.4. The second-order valence-corrected chi connectivity index (χ2v) is 9.71. The minimum Gasteiger partial charge on any atom is -0.465 e. The topological polar surface area (TPSA) is 182 Å². The number of rotatable bonds is 11. The van der Waals surface area contributed by atoms with Gasteiger partial charge in [0.05, 0.1) is 5.69 Å². The summed E-state index contributed by atoms with van der Waals surface area (Å²) in [4.78, 5) is 52.2. The third-order valence-corrected chi connectivity index (χ3v) is 6.74. The van der Waals surface area contributed by atoms with Crippen LogP contribution in [-0.4, -0.2) is 51.7 Å². The number of hydrogen-bond donors (Lipinski definition) is 7. The van der Waals surface area contributed by atoms with Gasteiger partial charge in [0.2, 0.25) is 5.91 Å². The Morgan fingerprint density at radius 1 is 0.895 bits per heavy atom. The molecule has 0 aliphatic rings. The van der Waals surface area contributed by atoms with E-state index >= 15 is 0 Å². The van der Waals surface area contributed by atoms with Crippen molar-refractivity contribution in [2.24, 2.45) is 0 Å². The molecule has 14 heteroatoms. The lowest BCUT2D eigenvalue weighted by Crippen LogP contribution is -2.52. The van der Waals surface area contributed by atoms with E-state index in [9.17, 15) is 19.2 Å². The molecule has 1 aromatic heterocycles. The largest absolute Gasteiger partial charge is 0.465 e. The van der Waals surface area contributed by atoms with Gasteiger partial charge in [0.25, 0.3) is 5.91 Å². The summed E-state index contributed by atoms with van der Waals surface area (Å²) in [5, 5.41) is 30.3. The molecule has 0 saturated carbocycles. The highest BCUT2D eigenvalue weighted by Crippen LogP contribution is 2.26. The van der Waals surface area contributed by atoms with Crippen molar-refractivity contribution >= 4 is 63.6 Å². The molecular weight excluding hydrogens is 532 g/mol. The monoisotopic (exact) mass is 558 g/mol. The lowest BCUT2D eigenvalue weighted by atomic mass is 10.1. The molecule has 0 fully saturated rings. The highest BCUT2D eigenvalue weighted by molar-refractivity contribution is 7.98. The number of aryl methyl sites for hydroxylation is 2. The zero-order chi connectivity index (χ0) is 27.7. The average Bonchev–Trinajstić information content (AvgIpc) is 3.25. The molecule has 3 aromatic rings. The molecule has 7 N–H and O–H groups in total. The second-order valence-electron chi connectivity index (χ2n) is 7.83. The van der Waals surface area contributed by atoms with Crippen LogP contribution >= 0.6 is 23.1 Å². The first-order valence-electron chi connectivity index (χ1n) is 11.2. The van der Waals surface area contributed by atoms with Crippen molar-refractivity contribution in [1.29, 1.82) is 0 Å². The summed E-state index contributed by atoms with van der Waals surface area (Å²) in [5.41, 5.74) is 2.56. The van der Waals surface area contributed by atoms with Crippen molar-refractivity contribution in [3.8, 4) is 0 Å². The molecule has 0 unspecified atom stereocenters. The number of carbonyl (C=O) groups is 4. The predicted octanol–water partition coefficient (Wildman–Crippen LogP) is 4.09. The Bertz CT molecular complexity index is 1280. The number of thioether (sulfide) groups is 1. The van der Waals surface area contributed by atoms with Gasteiger partial charge in [0.1, 0.15) is 4.88 Å². The summed E-state index contributed by atoms with van der Waals surface area (Å²) >= 11 is 2.70. The van der Waals surface area contributed by atoms with E-state index in [0.717, 1.165) is 21.8 Å². The molecule has 0 saturated heterocycles. The first kappa shape index (κ1) is 28.3. The Kier molecular flexibility index (Phi) is 9.90. The molecule has 3 rings (SSSR count). The van der Waals surface area contributed by atoms with Crippen LogP contribution in [0.15, 0.2) is 53.4 Å². The van der Waals surface area contributed by atoms with Crippen molar-refractivity contribution < 1.29 is 29.4 Å². The highest BCUT2D eigenvalue weighted by Gasteiger charge is 2.19. The number of nitrogens with zero attached hydrogens (tertiary/aromatic N) is 1. The van der Waals surface area contributed by atoms with E-state index in [1.807, 2.05) is 41.2 Å². The Hall–Kier alpha value is -4.30. The average molecular weight is 559 g/mol. The molecule has 38 heavy (non-hydrogen) atoms. The summed E-state index contributed by atoms with van der Waals surface area (Å²) in [7, 11) is 0. The Morgan fingerprint density at radius 3 is 2.05 bits per heavy atom. The van der Waals surface area contributed by atoms with Crippen LogP contribution in [0.2, 0.25) is 0 Å². The van der Waals surface area contributed by atoms with Gasteiger partial charge < -0.3 is 26.2 Å². The minimum atomic E-state index is -1.40. The molecule has 0 atom stereocenters. The second kappa shape index (κ2) is 13.3. The summed E-state index contributed by atoms with van der Waals surface area (Å²) in [6.45, 7) is 1.37. The molecule has 0 spiro atoms. The fourth-order valence-corrected chi connectivity index (χ4v) is 4.68. The summed E-state index contributed by atoms with van der Waals surface area (Å²) in [6, 6.07) is 14.4. The van der Waals surface area contributed by atoms with E-state index in [0.29, 0.717) is 39.9 Å². The Balaban J connectivity index is 1.70. The number of anilines is 3. The Morgan fingerprint density at radius 2 is 1.50 bits per heavy atom. The molecule has 1 heterocycles. The van der Waals surface area contributed by atoms with Crippen molar-refractivity contribution in [3.63, 3.8) is 0 Å². The number of nitrogens with one attached hydrogen (secondary N) is 5. The van der Waals surface area contributed by atoms with Crippen LogP contribution in [0.25, 0.3) is 0 Å². The number of thiazole rings is 1. The normalized spacial score (nSPS) is 10.5. The molecule has 0 aliphatic carbocycles. The van der Waals surface area contributed by atoms with Gasteiger partial charge >= 0.3 is 12.2 Å².